The topological polar surface area (TPSA) is 51.2 Å². The van der Waals surface area contributed by atoms with Gasteiger partial charge in [-0.15, -0.1) is 11.3 Å². The number of hydrogen-bond donors (Lipinski definition) is 1. The molecule has 1 unspecified atom stereocenters. The Bertz CT molecular complexity index is 910. The van der Waals surface area contributed by atoms with Crippen molar-refractivity contribution in [2.45, 2.75) is 19.4 Å². The van der Waals surface area contributed by atoms with Crippen LogP contribution >= 0.6 is 22.9 Å². The van der Waals surface area contributed by atoms with Gasteiger partial charge in [0.15, 0.2) is 0 Å². The Morgan fingerprint density at radius 1 is 1.23 bits per heavy atom. The van der Waals surface area contributed by atoms with Crippen LogP contribution in [0.1, 0.15) is 24.2 Å². The van der Waals surface area contributed by atoms with Crippen molar-refractivity contribution in [1.29, 1.82) is 0 Å². The lowest BCUT2D eigenvalue weighted by Gasteiger charge is -2.17. The van der Waals surface area contributed by atoms with E-state index in [1.165, 1.54) is 11.3 Å². The summed E-state index contributed by atoms with van der Waals surface area (Å²) in [5, 5.41) is 6.37. The van der Waals surface area contributed by atoms with Gasteiger partial charge in [0, 0.05) is 16.5 Å². The summed E-state index contributed by atoms with van der Waals surface area (Å²) in [6, 6.07) is 15.1. The number of halogens is 1. The molecule has 134 valence electrons. The van der Waals surface area contributed by atoms with E-state index >= 15 is 0 Å². The highest BCUT2D eigenvalue weighted by Gasteiger charge is 2.15. The smallest absolute Gasteiger partial charge is 0.226 e. The number of thiazole rings is 1. The lowest BCUT2D eigenvalue weighted by atomic mass is 10.1. The molecular weight excluding hydrogens is 368 g/mol. The van der Waals surface area contributed by atoms with E-state index < -0.39 is 0 Å². The molecule has 0 saturated heterocycles. The van der Waals surface area contributed by atoms with Crippen molar-refractivity contribution in [2.75, 3.05) is 7.11 Å². The number of aromatic nitrogens is 1. The normalized spacial score (nSPS) is 11.8. The van der Waals surface area contributed by atoms with Crippen molar-refractivity contribution in [2.24, 2.45) is 0 Å². The van der Waals surface area contributed by atoms with Crippen LogP contribution < -0.4 is 10.1 Å². The number of carbonyl (C=O) groups is 1. The van der Waals surface area contributed by atoms with Crippen LogP contribution in [0, 0.1) is 0 Å². The maximum absolute atomic E-state index is 12.4. The Balaban J connectivity index is 1.66. The summed E-state index contributed by atoms with van der Waals surface area (Å²) < 4.78 is 5.36. The van der Waals surface area contributed by atoms with Crippen molar-refractivity contribution in [3.05, 3.63) is 70.2 Å². The van der Waals surface area contributed by atoms with E-state index in [2.05, 4.69) is 10.3 Å². The van der Waals surface area contributed by atoms with Crippen molar-refractivity contribution < 1.29 is 9.53 Å². The third-order valence-electron chi connectivity index (χ3n) is 3.98. The van der Waals surface area contributed by atoms with Crippen LogP contribution in [0.3, 0.4) is 0 Å². The lowest BCUT2D eigenvalue weighted by molar-refractivity contribution is -0.121. The van der Waals surface area contributed by atoms with E-state index in [-0.39, 0.29) is 18.4 Å². The van der Waals surface area contributed by atoms with Crippen LogP contribution in [-0.4, -0.2) is 18.0 Å². The molecule has 2 aromatic carbocycles. The molecule has 26 heavy (non-hydrogen) atoms. The third-order valence-corrected chi connectivity index (χ3v) is 5.23. The Labute approximate surface area is 161 Å². The van der Waals surface area contributed by atoms with E-state index in [0.717, 1.165) is 27.6 Å². The summed E-state index contributed by atoms with van der Waals surface area (Å²) in [5.41, 5.74) is 2.56. The maximum atomic E-state index is 12.4. The van der Waals surface area contributed by atoms with Crippen molar-refractivity contribution >= 4 is 28.8 Å². The molecule has 1 aromatic heterocycles. The van der Waals surface area contributed by atoms with Gasteiger partial charge in [-0.2, -0.15) is 0 Å². The fraction of sp³-hybridized carbons (Fsp3) is 0.200. The molecule has 3 aromatic rings. The van der Waals surface area contributed by atoms with Gasteiger partial charge >= 0.3 is 0 Å². The number of benzene rings is 2. The molecule has 0 aliphatic rings. The molecule has 0 spiro atoms. The number of nitrogens with zero attached hydrogens (tertiary/aromatic N) is 1. The minimum Gasteiger partial charge on any atom is -0.496 e. The maximum Gasteiger partial charge on any atom is 0.226 e. The lowest BCUT2D eigenvalue weighted by Crippen LogP contribution is -2.28. The number of hydrogen-bond acceptors (Lipinski definition) is 4. The largest absolute Gasteiger partial charge is 0.496 e. The van der Waals surface area contributed by atoms with Crippen molar-refractivity contribution in [1.82, 2.24) is 10.3 Å². The van der Waals surface area contributed by atoms with E-state index in [0.29, 0.717) is 5.02 Å². The summed E-state index contributed by atoms with van der Waals surface area (Å²) in [7, 11) is 1.62. The van der Waals surface area contributed by atoms with Crippen LogP contribution in [0.4, 0.5) is 0 Å². The molecule has 4 nitrogen and oxygen atoms in total. The fourth-order valence-electron chi connectivity index (χ4n) is 2.71. The van der Waals surface area contributed by atoms with E-state index in [1.807, 2.05) is 60.8 Å². The number of carbonyl (C=O) groups excluding carboxylic acids is 1. The first-order valence-corrected chi connectivity index (χ1v) is 9.46. The molecule has 0 saturated carbocycles. The van der Waals surface area contributed by atoms with E-state index in [9.17, 15) is 4.79 Å². The van der Waals surface area contributed by atoms with Crippen molar-refractivity contribution in [3.8, 4) is 16.3 Å². The highest BCUT2D eigenvalue weighted by atomic mass is 35.5. The number of nitrogens with one attached hydrogen (secondary N) is 1. The Hall–Kier alpha value is -2.37. The summed E-state index contributed by atoms with van der Waals surface area (Å²) in [5.74, 6) is 0.675. The second-order valence-corrected chi connectivity index (χ2v) is 7.10. The Kier molecular flexibility index (Phi) is 5.91. The van der Waals surface area contributed by atoms with Gasteiger partial charge in [0.2, 0.25) is 5.91 Å². The van der Waals surface area contributed by atoms with Gasteiger partial charge in [-0.1, -0.05) is 48.0 Å². The van der Waals surface area contributed by atoms with Crippen LogP contribution in [-0.2, 0) is 11.2 Å². The number of amides is 1. The minimum atomic E-state index is -0.152. The summed E-state index contributed by atoms with van der Waals surface area (Å²) in [6.07, 6.45) is 0.223. The average Bonchev–Trinajstić information content (AvgIpc) is 3.10. The first-order chi connectivity index (χ1) is 12.6. The first kappa shape index (κ1) is 18.4. The van der Waals surface area contributed by atoms with Crippen LogP contribution in [0.5, 0.6) is 5.75 Å². The van der Waals surface area contributed by atoms with Crippen LogP contribution in [0.2, 0.25) is 5.02 Å². The predicted molar refractivity (Wildman–Crippen MR) is 106 cm³/mol. The van der Waals surface area contributed by atoms with Gasteiger partial charge in [-0.3, -0.25) is 4.79 Å². The zero-order chi connectivity index (χ0) is 18.5. The molecule has 1 heterocycles. The van der Waals surface area contributed by atoms with E-state index in [1.54, 1.807) is 7.11 Å². The summed E-state index contributed by atoms with van der Waals surface area (Å²) in [6.45, 7) is 1.94. The number of ether oxygens (including phenoxy) is 1. The number of para-hydroxylation sites is 1. The summed E-state index contributed by atoms with van der Waals surface area (Å²) >= 11 is 7.70. The Morgan fingerprint density at radius 3 is 2.73 bits per heavy atom. The Morgan fingerprint density at radius 2 is 1.96 bits per heavy atom. The molecular formula is C20H19ClN2O2S. The fourth-order valence-corrected chi connectivity index (χ4v) is 3.85. The van der Waals surface area contributed by atoms with Gasteiger partial charge in [-0.25, -0.2) is 4.98 Å². The molecule has 0 aliphatic carbocycles. The highest BCUT2D eigenvalue weighted by Crippen LogP contribution is 2.30. The molecule has 1 amide bonds. The summed E-state index contributed by atoms with van der Waals surface area (Å²) in [4.78, 5) is 16.9. The van der Waals surface area contributed by atoms with E-state index in [4.69, 9.17) is 16.3 Å². The van der Waals surface area contributed by atoms with Crippen molar-refractivity contribution in [3.63, 3.8) is 0 Å². The second kappa shape index (κ2) is 8.34. The molecule has 3 rings (SSSR count). The third kappa shape index (κ3) is 4.23. The van der Waals surface area contributed by atoms with Gasteiger partial charge in [0.05, 0.1) is 30.3 Å². The van der Waals surface area contributed by atoms with Crippen LogP contribution in [0.25, 0.3) is 10.6 Å². The molecule has 6 heteroatoms. The van der Waals surface area contributed by atoms with Gasteiger partial charge < -0.3 is 10.1 Å². The second-order valence-electron chi connectivity index (χ2n) is 5.83. The predicted octanol–water partition coefficient (Wildman–Crippen LogP) is 4.89. The molecule has 0 fully saturated rings. The molecule has 1 atom stereocenters. The quantitative estimate of drug-likeness (QED) is 0.656. The first-order valence-electron chi connectivity index (χ1n) is 8.20. The average molecular weight is 387 g/mol. The van der Waals surface area contributed by atoms with Crippen LogP contribution in [0.15, 0.2) is 53.9 Å². The zero-order valence-electron chi connectivity index (χ0n) is 14.5. The SMILES string of the molecule is COc1ccccc1C(C)NC(=O)Cc1csc(-c2ccccc2Cl)n1. The molecule has 1 N–H and O–H groups in total. The van der Waals surface area contributed by atoms with Gasteiger partial charge in [-0.05, 0) is 19.1 Å². The molecule has 0 bridgehead atoms. The monoisotopic (exact) mass is 386 g/mol. The highest BCUT2D eigenvalue weighted by molar-refractivity contribution is 7.13. The number of rotatable bonds is 6. The van der Waals surface area contributed by atoms with Gasteiger partial charge in [0.1, 0.15) is 10.8 Å². The molecule has 0 aliphatic heterocycles. The minimum absolute atomic E-state index is 0.0839. The zero-order valence-corrected chi connectivity index (χ0v) is 16.1. The molecule has 0 radical (unpaired) electrons. The number of methoxy groups -OCH3 is 1. The van der Waals surface area contributed by atoms with Gasteiger partial charge in [0.25, 0.3) is 0 Å². The standard InChI is InChI=1S/C20H19ClN2O2S/c1-13(15-7-4-6-10-18(15)25-2)22-19(24)11-14-12-26-20(23-14)16-8-3-5-9-17(16)21/h3-10,12-13H,11H2,1-2H3,(H,22,24).